The molecule has 0 amide bonds. The Morgan fingerprint density at radius 1 is 1.50 bits per heavy atom. The van der Waals surface area contributed by atoms with Gasteiger partial charge in [-0.3, -0.25) is 5.26 Å². The molecule has 1 rings (SSSR count). The van der Waals surface area contributed by atoms with Crippen molar-refractivity contribution >= 4 is 0 Å². The third-order valence-electron chi connectivity index (χ3n) is 2.47. The van der Waals surface area contributed by atoms with E-state index in [4.69, 9.17) is 5.26 Å². The number of hydrogen-bond acceptors (Lipinski definition) is 2. The van der Waals surface area contributed by atoms with Gasteiger partial charge in [-0.1, -0.05) is 17.7 Å². The molecule has 0 saturated heterocycles. The topological polar surface area (TPSA) is 29.5 Å². The van der Waals surface area contributed by atoms with Crippen LogP contribution in [-0.4, -0.2) is 11.4 Å². The van der Waals surface area contributed by atoms with Crippen LogP contribution < -0.4 is 0 Å². The summed E-state index contributed by atoms with van der Waals surface area (Å²) < 4.78 is 0. The molecule has 1 aliphatic rings. The summed E-state index contributed by atoms with van der Waals surface area (Å²) in [5.41, 5.74) is 3.73. The highest BCUT2D eigenvalue weighted by Gasteiger charge is 2.21. The summed E-state index contributed by atoms with van der Waals surface area (Å²) in [5.74, 6) is 0. The largest absolute Gasteiger partial charge is 0.251 e. The molecule has 0 spiro atoms. The van der Waals surface area contributed by atoms with Crippen LogP contribution in [0.4, 0.5) is 0 Å². The molecule has 2 nitrogen and oxygen atoms in total. The molecule has 0 aromatic carbocycles. The van der Waals surface area contributed by atoms with Crippen LogP contribution in [0.2, 0.25) is 0 Å². The van der Waals surface area contributed by atoms with Crippen molar-refractivity contribution in [2.45, 2.75) is 39.2 Å². The van der Waals surface area contributed by atoms with Gasteiger partial charge in [0, 0.05) is 6.42 Å². The molecule has 0 aliphatic heterocycles. The fourth-order valence-electron chi connectivity index (χ4n) is 1.51. The lowest BCUT2D eigenvalue weighted by atomic mass is 9.87. The van der Waals surface area contributed by atoms with Gasteiger partial charge in [0.1, 0.15) is 6.10 Å². The summed E-state index contributed by atoms with van der Waals surface area (Å²) in [5, 5.41) is 8.58. The van der Waals surface area contributed by atoms with E-state index in [1.807, 2.05) is 0 Å². The molecule has 1 aliphatic carbocycles. The normalized spacial score (nSPS) is 24.4. The molecule has 0 aromatic heterocycles. The SMILES string of the molecule is C=C1CCC(=C(C)C)CC1OO. The molecule has 12 heavy (non-hydrogen) atoms. The van der Waals surface area contributed by atoms with E-state index < -0.39 is 0 Å². The summed E-state index contributed by atoms with van der Waals surface area (Å²) in [6.45, 7) is 8.04. The highest BCUT2D eigenvalue weighted by Crippen LogP contribution is 2.30. The maximum atomic E-state index is 8.58. The van der Waals surface area contributed by atoms with Gasteiger partial charge in [0.25, 0.3) is 0 Å². The zero-order valence-corrected chi connectivity index (χ0v) is 7.76. The minimum atomic E-state index is -0.177. The van der Waals surface area contributed by atoms with Crippen LogP contribution in [-0.2, 0) is 4.89 Å². The molecule has 0 radical (unpaired) electrons. The van der Waals surface area contributed by atoms with E-state index in [0.717, 1.165) is 24.8 Å². The van der Waals surface area contributed by atoms with Crippen molar-refractivity contribution in [1.82, 2.24) is 0 Å². The fourth-order valence-corrected chi connectivity index (χ4v) is 1.51. The van der Waals surface area contributed by atoms with E-state index in [1.165, 1.54) is 11.1 Å². The first-order chi connectivity index (χ1) is 5.65. The van der Waals surface area contributed by atoms with Gasteiger partial charge in [-0.25, -0.2) is 4.89 Å². The second-order valence-electron chi connectivity index (χ2n) is 3.56. The number of allylic oxidation sites excluding steroid dienone is 1. The maximum Gasteiger partial charge on any atom is 0.117 e. The van der Waals surface area contributed by atoms with Crippen molar-refractivity contribution in [3.8, 4) is 0 Å². The predicted molar refractivity (Wildman–Crippen MR) is 48.9 cm³/mol. The Labute approximate surface area is 73.5 Å². The van der Waals surface area contributed by atoms with Gasteiger partial charge in [-0.2, -0.15) is 0 Å². The van der Waals surface area contributed by atoms with Crippen LogP contribution in [0.25, 0.3) is 0 Å². The van der Waals surface area contributed by atoms with Crippen LogP contribution in [0.5, 0.6) is 0 Å². The van der Waals surface area contributed by atoms with Crippen molar-refractivity contribution < 1.29 is 10.1 Å². The van der Waals surface area contributed by atoms with Crippen molar-refractivity contribution in [2.24, 2.45) is 0 Å². The summed E-state index contributed by atoms with van der Waals surface area (Å²) in [6, 6.07) is 0. The van der Waals surface area contributed by atoms with Crippen LogP contribution in [0, 0.1) is 0 Å². The molecule has 0 heterocycles. The molecule has 1 unspecified atom stereocenters. The van der Waals surface area contributed by atoms with Gasteiger partial charge in [0.05, 0.1) is 0 Å². The highest BCUT2D eigenvalue weighted by molar-refractivity contribution is 5.21. The lowest BCUT2D eigenvalue weighted by Gasteiger charge is -2.24. The molecule has 1 saturated carbocycles. The van der Waals surface area contributed by atoms with Crippen LogP contribution in [0.15, 0.2) is 23.3 Å². The van der Waals surface area contributed by atoms with Crippen LogP contribution in [0.1, 0.15) is 33.1 Å². The van der Waals surface area contributed by atoms with Gasteiger partial charge in [-0.05, 0) is 32.3 Å². The van der Waals surface area contributed by atoms with Crippen molar-refractivity contribution in [3.63, 3.8) is 0 Å². The molecule has 1 atom stereocenters. The Kier molecular flexibility index (Phi) is 3.06. The van der Waals surface area contributed by atoms with Crippen molar-refractivity contribution in [1.29, 1.82) is 0 Å². The first kappa shape index (κ1) is 9.49. The maximum absolute atomic E-state index is 8.58. The molecule has 68 valence electrons. The molecular weight excluding hydrogens is 152 g/mol. The van der Waals surface area contributed by atoms with Crippen molar-refractivity contribution in [3.05, 3.63) is 23.3 Å². The standard InChI is InChI=1S/C10H16O2/c1-7(2)9-5-4-8(3)10(6-9)12-11/h10-11H,3-6H2,1-2H3. The van der Waals surface area contributed by atoms with E-state index in [2.05, 4.69) is 25.3 Å². The number of rotatable bonds is 1. The first-order valence-electron chi connectivity index (χ1n) is 4.28. The average molecular weight is 168 g/mol. The van der Waals surface area contributed by atoms with Crippen molar-refractivity contribution in [2.75, 3.05) is 0 Å². The zero-order valence-electron chi connectivity index (χ0n) is 7.76. The number of hydrogen-bond donors (Lipinski definition) is 1. The molecular formula is C10H16O2. The predicted octanol–water partition coefficient (Wildman–Crippen LogP) is 2.92. The van der Waals surface area contributed by atoms with E-state index in [1.54, 1.807) is 0 Å². The second-order valence-corrected chi connectivity index (χ2v) is 3.56. The van der Waals surface area contributed by atoms with Crippen LogP contribution >= 0.6 is 0 Å². The molecule has 2 heteroatoms. The Morgan fingerprint density at radius 3 is 2.67 bits per heavy atom. The van der Waals surface area contributed by atoms with Gasteiger partial charge in [0.2, 0.25) is 0 Å². The minimum absolute atomic E-state index is 0.177. The van der Waals surface area contributed by atoms with E-state index >= 15 is 0 Å². The second kappa shape index (κ2) is 3.87. The first-order valence-corrected chi connectivity index (χ1v) is 4.28. The Morgan fingerprint density at radius 2 is 2.17 bits per heavy atom. The zero-order chi connectivity index (χ0) is 9.14. The Bertz CT molecular complexity index is 212. The minimum Gasteiger partial charge on any atom is -0.251 e. The lowest BCUT2D eigenvalue weighted by Crippen LogP contribution is -2.19. The summed E-state index contributed by atoms with van der Waals surface area (Å²) in [6.07, 6.45) is 2.63. The quantitative estimate of drug-likeness (QED) is 0.370. The third kappa shape index (κ3) is 1.96. The monoisotopic (exact) mass is 168 g/mol. The van der Waals surface area contributed by atoms with Gasteiger partial charge in [-0.15, -0.1) is 0 Å². The molecule has 0 aromatic rings. The summed E-state index contributed by atoms with van der Waals surface area (Å²) in [7, 11) is 0. The third-order valence-corrected chi connectivity index (χ3v) is 2.47. The van der Waals surface area contributed by atoms with E-state index in [9.17, 15) is 0 Å². The van der Waals surface area contributed by atoms with E-state index in [-0.39, 0.29) is 6.10 Å². The molecule has 0 bridgehead atoms. The Hall–Kier alpha value is -0.600. The van der Waals surface area contributed by atoms with Gasteiger partial charge >= 0.3 is 0 Å². The van der Waals surface area contributed by atoms with Gasteiger partial charge < -0.3 is 0 Å². The molecule has 1 fully saturated rings. The van der Waals surface area contributed by atoms with Crippen LogP contribution in [0.3, 0.4) is 0 Å². The smallest absolute Gasteiger partial charge is 0.117 e. The Balaban J connectivity index is 2.68. The average Bonchev–Trinajstić information content (AvgIpc) is 2.05. The van der Waals surface area contributed by atoms with Gasteiger partial charge in [0.15, 0.2) is 0 Å². The fraction of sp³-hybridized carbons (Fsp3) is 0.600. The van der Waals surface area contributed by atoms with E-state index in [0.29, 0.717) is 0 Å². The molecule has 1 N–H and O–H groups in total. The highest BCUT2D eigenvalue weighted by atomic mass is 17.1. The summed E-state index contributed by atoms with van der Waals surface area (Å²) >= 11 is 0. The summed E-state index contributed by atoms with van der Waals surface area (Å²) in [4.78, 5) is 4.35. The lowest BCUT2D eigenvalue weighted by molar-refractivity contribution is -0.269.